The first kappa shape index (κ1) is 28.9. The third kappa shape index (κ3) is 5.48. The van der Waals surface area contributed by atoms with Crippen molar-refractivity contribution in [2.45, 2.75) is 37.8 Å². The summed E-state index contributed by atoms with van der Waals surface area (Å²) < 4.78 is 45.2. The zero-order valence-corrected chi connectivity index (χ0v) is 25.3. The lowest BCUT2D eigenvalue weighted by atomic mass is 9.72. The van der Waals surface area contributed by atoms with E-state index in [0.717, 1.165) is 49.4 Å². The van der Waals surface area contributed by atoms with Crippen LogP contribution >= 0.6 is 11.6 Å². The van der Waals surface area contributed by atoms with E-state index >= 15 is 0 Å². The molecule has 0 bridgehead atoms. The fourth-order valence-electron chi connectivity index (χ4n) is 6.85. The molecule has 44 heavy (non-hydrogen) atoms. The molecule has 10 heteroatoms. The number of likely N-dealkylation sites (tertiary alicyclic amines) is 1. The molecule has 1 aliphatic carbocycles. The Morgan fingerprint density at radius 3 is 2.48 bits per heavy atom. The normalized spacial score (nSPS) is 20.1. The fourth-order valence-corrected chi connectivity index (χ4v) is 6.98. The van der Waals surface area contributed by atoms with E-state index < -0.39 is 11.7 Å². The summed E-state index contributed by atoms with van der Waals surface area (Å²) in [6.45, 7) is 6.36. The van der Waals surface area contributed by atoms with Gasteiger partial charge in [0.15, 0.2) is 0 Å². The monoisotopic (exact) mass is 618 g/mol. The van der Waals surface area contributed by atoms with Crippen molar-refractivity contribution in [3.63, 3.8) is 0 Å². The molecule has 1 unspecified atom stereocenters. The predicted molar refractivity (Wildman–Crippen MR) is 165 cm³/mol. The molecule has 2 fully saturated rings. The summed E-state index contributed by atoms with van der Waals surface area (Å²) in [4.78, 5) is 5.54. The molecular formula is C34H34ClF3N6. The maximum absolute atomic E-state index is 14.4. The fraction of sp³-hybridized carbons (Fsp3) is 0.353. The van der Waals surface area contributed by atoms with Gasteiger partial charge in [-0.3, -0.25) is 4.90 Å². The molecule has 1 atom stereocenters. The predicted octanol–water partition coefficient (Wildman–Crippen LogP) is 7.40. The molecule has 2 aromatic carbocycles. The molecule has 6 nitrogen and oxygen atoms in total. The van der Waals surface area contributed by atoms with Crippen LogP contribution < -0.4 is 4.90 Å². The van der Waals surface area contributed by atoms with E-state index in [1.807, 2.05) is 48.0 Å². The smallest absolute Gasteiger partial charge is 0.320 e. The number of nitrogens with zero attached hydrogens (tertiary/aromatic N) is 6. The van der Waals surface area contributed by atoms with E-state index in [4.69, 9.17) is 11.6 Å². The number of alkyl halides is 3. The van der Waals surface area contributed by atoms with Crippen LogP contribution in [0.5, 0.6) is 0 Å². The van der Waals surface area contributed by atoms with Crippen molar-refractivity contribution in [2.24, 2.45) is 18.9 Å². The molecule has 228 valence electrons. The number of halogens is 4. The first-order valence-electron chi connectivity index (χ1n) is 15.0. The van der Waals surface area contributed by atoms with Crippen LogP contribution in [0.4, 0.5) is 18.9 Å². The van der Waals surface area contributed by atoms with Crippen LogP contribution in [0.15, 0.2) is 103 Å². The SMILES string of the molecule is C=C1N2C=C(CN3CC(Cc4ccc(Cl)cc4)C3)C=C(C(F)(F)F)C2=CN1c1cccc(C(c2nncn2C)C2CCC2)c1. The van der Waals surface area contributed by atoms with Crippen molar-refractivity contribution in [3.05, 3.63) is 125 Å². The van der Waals surface area contributed by atoms with Crippen LogP contribution in [0.2, 0.25) is 5.02 Å². The highest BCUT2D eigenvalue weighted by Gasteiger charge is 2.44. The summed E-state index contributed by atoms with van der Waals surface area (Å²) in [5.74, 6) is 2.36. The summed E-state index contributed by atoms with van der Waals surface area (Å²) in [6, 6.07) is 15.9. The molecule has 4 heterocycles. The summed E-state index contributed by atoms with van der Waals surface area (Å²) in [7, 11) is 1.95. The molecule has 0 amide bonds. The first-order chi connectivity index (χ1) is 21.1. The molecule has 0 N–H and O–H groups in total. The number of fused-ring (bicyclic) bond motifs is 1. The minimum atomic E-state index is -4.51. The molecule has 1 saturated heterocycles. The van der Waals surface area contributed by atoms with Gasteiger partial charge in [-0.1, -0.05) is 48.9 Å². The van der Waals surface area contributed by atoms with E-state index in [0.29, 0.717) is 34.8 Å². The number of rotatable bonds is 8. The zero-order chi connectivity index (χ0) is 30.6. The van der Waals surface area contributed by atoms with E-state index in [2.05, 4.69) is 33.8 Å². The minimum absolute atomic E-state index is 0.0690. The molecule has 1 aromatic heterocycles. The second kappa shape index (κ2) is 11.3. The van der Waals surface area contributed by atoms with Crippen molar-refractivity contribution in [3.8, 4) is 0 Å². The lowest BCUT2D eigenvalue weighted by Crippen LogP contribution is -2.48. The topological polar surface area (TPSA) is 40.4 Å². The average Bonchev–Trinajstić information content (AvgIpc) is 3.52. The average molecular weight is 619 g/mol. The van der Waals surface area contributed by atoms with Gasteiger partial charge in [0, 0.05) is 55.7 Å². The minimum Gasteiger partial charge on any atom is -0.320 e. The van der Waals surface area contributed by atoms with Crippen LogP contribution in [0.25, 0.3) is 0 Å². The van der Waals surface area contributed by atoms with Gasteiger partial charge in [0.05, 0.1) is 11.3 Å². The molecule has 7 rings (SSSR count). The maximum Gasteiger partial charge on any atom is 0.418 e. The summed E-state index contributed by atoms with van der Waals surface area (Å²) in [5, 5.41) is 9.24. The highest BCUT2D eigenvalue weighted by Crippen LogP contribution is 2.46. The number of hydrogen-bond acceptors (Lipinski definition) is 5. The Labute approximate surface area is 260 Å². The van der Waals surface area contributed by atoms with Gasteiger partial charge in [-0.2, -0.15) is 13.2 Å². The molecule has 1 saturated carbocycles. The molecule has 4 aliphatic rings. The number of benzene rings is 2. The molecular weight excluding hydrogens is 585 g/mol. The summed E-state index contributed by atoms with van der Waals surface area (Å²) in [6.07, 6.45) is 6.20. The van der Waals surface area contributed by atoms with Gasteiger partial charge in [0.2, 0.25) is 0 Å². The van der Waals surface area contributed by atoms with E-state index in [1.165, 1.54) is 18.1 Å². The Balaban J connectivity index is 1.11. The van der Waals surface area contributed by atoms with Crippen LogP contribution in [-0.4, -0.2) is 50.4 Å². The second-order valence-electron chi connectivity index (χ2n) is 12.4. The van der Waals surface area contributed by atoms with E-state index in [1.54, 1.807) is 28.5 Å². The largest absolute Gasteiger partial charge is 0.418 e. The molecule has 3 aromatic rings. The zero-order valence-electron chi connectivity index (χ0n) is 24.5. The number of aromatic nitrogens is 3. The Morgan fingerprint density at radius 2 is 1.82 bits per heavy atom. The van der Waals surface area contributed by atoms with E-state index in [-0.39, 0.29) is 11.6 Å². The lowest BCUT2D eigenvalue weighted by Gasteiger charge is -2.40. The van der Waals surface area contributed by atoms with Crippen LogP contribution in [-0.2, 0) is 13.5 Å². The standard InChI is InChI=1S/C34H34ClF3N6/c1-22-43(29-8-4-7-27(15-29)32(26-5-3-6-26)33-40-39-21-41(33)2)20-31-30(34(36,37)38)14-25(19-44(22)31)18-42-16-24(17-42)13-23-9-11-28(35)12-10-23/h4,7-12,14-15,19-21,24,26,32H,1,3,5-6,13,16-18H2,2H3. The summed E-state index contributed by atoms with van der Waals surface area (Å²) >= 11 is 6.00. The Kier molecular flexibility index (Phi) is 7.41. The number of allylic oxidation sites excluding steroid dienone is 1. The highest BCUT2D eigenvalue weighted by atomic mass is 35.5. The van der Waals surface area contributed by atoms with Gasteiger partial charge in [-0.15, -0.1) is 10.2 Å². The molecule has 3 aliphatic heterocycles. The number of aryl methyl sites for hydroxylation is 1. The van der Waals surface area contributed by atoms with Crippen LogP contribution in [0.1, 0.15) is 42.1 Å². The van der Waals surface area contributed by atoms with Gasteiger partial charge in [0.25, 0.3) is 0 Å². The van der Waals surface area contributed by atoms with Gasteiger partial charge in [-0.25, -0.2) is 0 Å². The van der Waals surface area contributed by atoms with Crippen molar-refractivity contribution in [2.75, 3.05) is 24.5 Å². The van der Waals surface area contributed by atoms with Gasteiger partial charge in [-0.05, 0) is 78.1 Å². The Morgan fingerprint density at radius 1 is 1.05 bits per heavy atom. The third-order valence-corrected chi connectivity index (χ3v) is 9.55. The van der Waals surface area contributed by atoms with Crippen LogP contribution in [0.3, 0.4) is 0 Å². The molecule has 0 spiro atoms. The van der Waals surface area contributed by atoms with Crippen molar-refractivity contribution < 1.29 is 13.2 Å². The Bertz CT molecular complexity index is 1660. The van der Waals surface area contributed by atoms with Gasteiger partial charge < -0.3 is 14.4 Å². The number of hydrogen-bond donors (Lipinski definition) is 0. The Hall–Kier alpha value is -3.82. The third-order valence-electron chi connectivity index (χ3n) is 9.30. The van der Waals surface area contributed by atoms with Crippen LogP contribution in [0, 0.1) is 11.8 Å². The quantitative estimate of drug-likeness (QED) is 0.263. The van der Waals surface area contributed by atoms with Crippen molar-refractivity contribution in [1.29, 1.82) is 0 Å². The van der Waals surface area contributed by atoms with Gasteiger partial charge >= 0.3 is 6.18 Å². The van der Waals surface area contributed by atoms with Crippen molar-refractivity contribution in [1.82, 2.24) is 24.6 Å². The lowest BCUT2D eigenvalue weighted by molar-refractivity contribution is -0.0909. The summed E-state index contributed by atoms with van der Waals surface area (Å²) in [5.41, 5.74) is 3.11. The van der Waals surface area contributed by atoms with E-state index in [9.17, 15) is 13.2 Å². The number of anilines is 1. The molecule has 0 radical (unpaired) electrons. The second-order valence-corrected chi connectivity index (χ2v) is 12.8. The van der Waals surface area contributed by atoms with Crippen molar-refractivity contribution >= 4 is 17.3 Å². The highest BCUT2D eigenvalue weighted by molar-refractivity contribution is 6.30. The maximum atomic E-state index is 14.4. The van der Waals surface area contributed by atoms with Gasteiger partial charge in [0.1, 0.15) is 18.0 Å². The first-order valence-corrected chi connectivity index (χ1v) is 15.4.